The second-order valence-corrected chi connectivity index (χ2v) is 7.11. The molecule has 1 aromatic rings. The normalized spacial score (nSPS) is 20.4. The van der Waals surface area contributed by atoms with Crippen molar-refractivity contribution in [1.82, 2.24) is 15.5 Å². The Balaban J connectivity index is 1.59. The van der Waals surface area contributed by atoms with Gasteiger partial charge >= 0.3 is 6.18 Å². The maximum absolute atomic E-state index is 13.4. The standard InChI is InChI=1S/C19H26F3N3O2/c20-19(21,22)17(25-10-8-23-9-11-25)13-24-18(26)14-4-3-7-16(12-14)27-15-5-1-2-6-15/h3-4,7,12,15,17,23H,1-2,5-6,8-11,13H2,(H,24,26). The molecule has 1 heterocycles. The maximum Gasteiger partial charge on any atom is 0.405 e. The number of piperazine rings is 1. The summed E-state index contributed by atoms with van der Waals surface area (Å²) in [6.07, 6.45) is 0.0253. The molecule has 3 rings (SSSR count). The molecule has 1 saturated carbocycles. The van der Waals surface area contributed by atoms with Crippen LogP contribution in [0.1, 0.15) is 36.0 Å². The molecule has 1 amide bonds. The van der Waals surface area contributed by atoms with Crippen molar-refractivity contribution in [3.05, 3.63) is 29.8 Å². The van der Waals surface area contributed by atoms with Gasteiger partial charge in [0.2, 0.25) is 0 Å². The van der Waals surface area contributed by atoms with Gasteiger partial charge in [0.15, 0.2) is 0 Å². The molecule has 1 aliphatic heterocycles. The number of nitrogens with one attached hydrogen (secondary N) is 2. The van der Waals surface area contributed by atoms with Crippen molar-refractivity contribution in [2.75, 3.05) is 32.7 Å². The van der Waals surface area contributed by atoms with E-state index in [2.05, 4.69) is 10.6 Å². The van der Waals surface area contributed by atoms with Gasteiger partial charge in [-0.25, -0.2) is 0 Å². The van der Waals surface area contributed by atoms with Gasteiger partial charge in [0.05, 0.1) is 6.10 Å². The predicted octanol–water partition coefficient (Wildman–Crippen LogP) is 2.57. The van der Waals surface area contributed by atoms with E-state index < -0.39 is 24.7 Å². The van der Waals surface area contributed by atoms with Crippen LogP contribution in [0.25, 0.3) is 0 Å². The van der Waals surface area contributed by atoms with Crippen molar-refractivity contribution in [2.45, 2.75) is 44.0 Å². The minimum absolute atomic E-state index is 0.158. The predicted molar refractivity (Wildman–Crippen MR) is 95.9 cm³/mol. The van der Waals surface area contributed by atoms with Crippen molar-refractivity contribution < 1.29 is 22.7 Å². The Bertz CT molecular complexity index is 627. The van der Waals surface area contributed by atoms with Crippen LogP contribution in [0.2, 0.25) is 0 Å². The van der Waals surface area contributed by atoms with Crippen molar-refractivity contribution in [3.8, 4) is 5.75 Å². The molecule has 1 atom stereocenters. The van der Waals surface area contributed by atoms with Gasteiger partial charge < -0.3 is 15.4 Å². The minimum Gasteiger partial charge on any atom is -0.490 e. The number of nitrogens with zero attached hydrogens (tertiary/aromatic N) is 1. The van der Waals surface area contributed by atoms with E-state index in [-0.39, 0.29) is 6.10 Å². The topological polar surface area (TPSA) is 53.6 Å². The highest BCUT2D eigenvalue weighted by atomic mass is 19.4. The first-order valence-electron chi connectivity index (χ1n) is 9.50. The molecule has 5 nitrogen and oxygen atoms in total. The molecule has 1 saturated heterocycles. The van der Waals surface area contributed by atoms with E-state index in [0.29, 0.717) is 37.5 Å². The number of hydrogen-bond acceptors (Lipinski definition) is 4. The molecule has 8 heteroatoms. The number of carbonyl (C=O) groups is 1. The van der Waals surface area contributed by atoms with Gasteiger partial charge in [0.25, 0.3) is 5.91 Å². The number of alkyl halides is 3. The second-order valence-electron chi connectivity index (χ2n) is 7.11. The number of benzene rings is 1. The molecule has 0 bridgehead atoms. The van der Waals surface area contributed by atoms with Gasteiger partial charge in [-0.05, 0) is 43.9 Å². The third-order valence-corrected chi connectivity index (χ3v) is 5.13. The van der Waals surface area contributed by atoms with Gasteiger partial charge in [0.1, 0.15) is 11.8 Å². The molecule has 2 fully saturated rings. The zero-order valence-electron chi connectivity index (χ0n) is 15.2. The smallest absolute Gasteiger partial charge is 0.405 e. The second kappa shape index (κ2) is 8.93. The Hall–Kier alpha value is -1.80. The zero-order chi connectivity index (χ0) is 19.3. The SMILES string of the molecule is O=C(NCC(N1CCNCC1)C(F)(F)F)c1cccc(OC2CCCC2)c1. The first-order valence-corrected chi connectivity index (χ1v) is 9.50. The number of halogens is 3. The number of carbonyl (C=O) groups excluding carboxylic acids is 1. The average molecular weight is 385 g/mol. The maximum atomic E-state index is 13.4. The number of hydrogen-bond donors (Lipinski definition) is 2. The van der Waals surface area contributed by atoms with Crippen LogP contribution < -0.4 is 15.4 Å². The lowest BCUT2D eigenvalue weighted by Gasteiger charge is -2.35. The Morgan fingerprint density at radius 2 is 1.96 bits per heavy atom. The van der Waals surface area contributed by atoms with Crippen LogP contribution in [0.15, 0.2) is 24.3 Å². The van der Waals surface area contributed by atoms with E-state index in [9.17, 15) is 18.0 Å². The first-order chi connectivity index (χ1) is 12.9. The third kappa shape index (κ3) is 5.59. The molecule has 0 radical (unpaired) electrons. The van der Waals surface area contributed by atoms with Crippen LogP contribution in [-0.2, 0) is 0 Å². The molecular weight excluding hydrogens is 359 g/mol. The summed E-state index contributed by atoms with van der Waals surface area (Å²) < 4.78 is 46.1. The summed E-state index contributed by atoms with van der Waals surface area (Å²) in [5.41, 5.74) is 0.312. The lowest BCUT2D eigenvalue weighted by atomic mass is 10.1. The van der Waals surface area contributed by atoms with Gasteiger partial charge in [0, 0.05) is 38.3 Å². The lowest BCUT2D eigenvalue weighted by Crippen LogP contribution is -2.57. The zero-order valence-corrected chi connectivity index (χ0v) is 15.2. The molecule has 2 aliphatic rings. The van der Waals surface area contributed by atoms with E-state index in [1.165, 1.54) is 4.90 Å². The fourth-order valence-electron chi connectivity index (χ4n) is 3.65. The monoisotopic (exact) mass is 385 g/mol. The number of ether oxygens (including phenoxy) is 1. The summed E-state index contributed by atoms with van der Waals surface area (Å²) in [4.78, 5) is 13.8. The van der Waals surface area contributed by atoms with Crippen LogP contribution in [0, 0.1) is 0 Å². The van der Waals surface area contributed by atoms with E-state index in [0.717, 1.165) is 25.7 Å². The van der Waals surface area contributed by atoms with Gasteiger partial charge in [-0.3, -0.25) is 9.69 Å². The van der Waals surface area contributed by atoms with Crippen LogP contribution in [0.4, 0.5) is 13.2 Å². The Morgan fingerprint density at radius 1 is 1.26 bits per heavy atom. The number of rotatable bonds is 6. The highest BCUT2D eigenvalue weighted by molar-refractivity contribution is 5.94. The van der Waals surface area contributed by atoms with Crippen molar-refractivity contribution in [3.63, 3.8) is 0 Å². The summed E-state index contributed by atoms with van der Waals surface area (Å²) in [5, 5.41) is 5.48. The van der Waals surface area contributed by atoms with E-state index in [1.54, 1.807) is 24.3 Å². The summed E-state index contributed by atoms with van der Waals surface area (Å²) in [6.45, 7) is 1.19. The molecule has 1 unspecified atom stereocenters. The first kappa shape index (κ1) is 19.9. The number of amides is 1. The average Bonchev–Trinajstić information content (AvgIpc) is 3.15. The molecule has 0 spiro atoms. The Morgan fingerprint density at radius 3 is 2.63 bits per heavy atom. The van der Waals surface area contributed by atoms with Crippen molar-refractivity contribution >= 4 is 5.91 Å². The molecule has 2 N–H and O–H groups in total. The Labute approximate surface area is 157 Å². The fraction of sp³-hybridized carbons (Fsp3) is 0.632. The molecule has 0 aromatic heterocycles. The van der Waals surface area contributed by atoms with Gasteiger partial charge in [-0.2, -0.15) is 13.2 Å². The van der Waals surface area contributed by atoms with Crippen LogP contribution in [0.3, 0.4) is 0 Å². The largest absolute Gasteiger partial charge is 0.490 e. The van der Waals surface area contributed by atoms with Crippen LogP contribution >= 0.6 is 0 Å². The summed E-state index contributed by atoms with van der Waals surface area (Å²) in [7, 11) is 0. The molecule has 27 heavy (non-hydrogen) atoms. The quantitative estimate of drug-likeness (QED) is 0.790. The molecule has 150 valence electrons. The molecule has 1 aromatic carbocycles. The lowest BCUT2D eigenvalue weighted by molar-refractivity contribution is -0.183. The third-order valence-electron chi connectivity index (χ3n) is 5.13. The van der Waals surface area contributed by atoms with E-state index >= 15 is 0 Å². The highest BCUT2D eigenvalue weighted by Gasteiger charge is 2.43. The molecular formula is C19H26F3N3O2. The summed E-state index contributed by atoms with van der Waals surface area (Å²) in [6, 6.07) is 4.97. The Kier molecular flexibility index (Phi) is 6.59. The fourth-order valence-corrected chi connectivity index (χ4v) is 3.65. The molecule has 1 aliphatic carbocycles. The van der Waals surface area contributed by atoms with E-state index in [4.69, 9.17) is 4.74 Å². The summed E-state index contributed by atoms with van der Waals surface area (Å²) >= 11 is 0. The van der Waals surface area contributed by atoms with Crippen molar-refractivity contribution in [2.24, 2.45) is 0 Å². The van der Waals surface area contributed by atoms with Gasteiger partial charge in [-0.1, -0.05) is 6.07 Å². The minimum atomic E-state index is -4.39. The van der Waals surface area contributed by atoms with Crippen LogP contribution in [0.5, 0.6) is 5.75 Å². The summed E-state index contributed by atoms with van der Waals surface area (Å²) in [5.74, 6) is 0.0697. The van der Waals surface area contributed by atoms with Gasteiger partial charge in [-0.15, -0.1) is 0 Å². The van der Waals surface area contributed by atoms with E-state index in [1.807, 2.05) is 0 Å². The van der Waals surface area contributed by atoms with Crippen molar-refractivity contribution in [1.29, 1.82) is 0 Å². The van der Waals surface area contributed by atoms with Crippen LogP contribution in [-0.4, -0.2) is 61.9 Å². The highest BCUT2D eigenvalue weighted by Crippen LogP contribution is 2.26.